The van der Waals surface area contributed by atoms with Crippen molar-refractivity contribution >= 4 is 5.91 Å². The molecule has 2 N–H and O–H groups in total. The quantitative estimate of drug-likeness (QED) is 0.861. The zero-order chi connectivity index (χ0) is 15.9. The number of hydrogen-bond donors (Lipinski definition) is 2. The Balaban J connectivity index is 1.91. The van der Waals surface area contributed by atoms with Crippen molar-refractivity contribution in [1.29, 1.82) is 0 Å². The Morgan fingerprint density at radius 2 is 1.95 bits per heavy atom. The fourth-order valence-corrected chi connectivity index (χ4v) is 2.01. The molecule has 2 rings (SSSR count). The third-order valence-corrected chi connectivity index (χ3v) is 3.22. The van der Waals surface area contributed by atoms with Crippen molar-refractivity contribution in [3.8, 4) is 5.75 Å². The number of halogens is 1. The molecule has 0 fully saturated rings. The van der Waals surface area contributed by atoms with Crippen LogP contribution in [0.25, 0.3) is 0 Å². The fraction of sp³-hybridized carbons (Fsp3) is 0.235. The Bertz CT molecular complexity index is 645. The van der Waals surface area contributed by atoms with Crippen LogP contribution in [-0.4, -0.2) is 17.1 Å². The topological polar surface area (TPSA) is 58.6 Å². The molecule has 0 heterocycles. The number of aliphatic hydroxyl groups is 1. The van der Waals surface area contributed by atoms with Crippen LogP contribution in [0.3, 0.4) is 0 Å². The van der Waals surface area contributed by atoms with Gasteiger partial charge in [0, 0.05) is 12.6 Å². The molecule has 116 valence electrons. The molecule has 0 bridgehead atoms. The summed E-state index contributed by atoms with van der Waals surface area (Å²) in [4.78, 5) is 12.0. The lowest BCUT2D eigenvalue weighted by atomic mass is 10.1. The normalized spacial score (nSPS) is 11.8. The van der Waals surface area contributed by atoms with Crippen LogP contribution in [0.4, 0.5) is 4.39 Å². The van der Waals surface area contributed by atoms with E-state index in [4.69, 9.17) is 4.74 Å². The number of carbonyl (C=O) groups is 1. The largest absolute Gasteiger partial charge is 0.481 e. The van der Waals surface area contributed by atoms with Crippen LogP contribution < -0.4 is 10.1 Å². The summed E-state index contributed by atoms with van der Waals surface area (Å²) < 4.78 is 18.5. The molecular formula is C17H18FNO3. The summed E-state index contributed by atoms with van der Waals surface area (Å²) in [5, 5.41) is 12.0. The van der Waals surface area contributed by atoms with Crippen LogP contribution >= 0.6 is 0 Å². The maximum atomic E-state index is 13.1. The highest BCUT2D eigenvalue weighted by atomic mass is 19.1. The lowest BCUT2D eigenvalue weighted by Crippen LogP contribution is -2.36. The molecule has 0 aliphatic heterocycles. The number of amides is 1. The molecule has 2 aromatic carbocycles. The Morgan fingerprint density at radius 3 is 2.64 bits per heavy atom. The molecule has 4 nitrogen and oxygen atoms in total. The van der Waals surface area contributed by atoms with Crippen molar-refractivity contribution in [2.24, 2.45) is 0 Å². The molecule has 0 radical (unpaired) electrons. The summed E-state index contributed by atoms with van der Waals surface area (Å²) in [5.74, 6) is -0.419. The first-order valence-electron chi connectivity index (χ1n) is 6.97. The van der Waals surface area contributed by atoms with E-state index in [1.807, 2.05) is 18.2 Å². The van der Waals surface area contributed by atoms with E-state index in [2.05, 4.69) is 5.32 Å². The lowest BCUT2D eigenvalue weighted by Gasteiger charge is -2.15. The second kappa shape index (κ2) is 7.56. The van der Waals surface area contributed by atoms with Crippen molar-refractivity contribution in [3.05, 3.63) is 65.5 Å². The summed E-state index contributed by atoms with van der Waals surface area (Å²) >= 11 is 0. The van der Waals surface area contributed by atoms with Gasteiger partial charge < -0.3 is 15.2 Å². The highest BCUT2D eigenvalue weighted by Gasteiger charge is 2.15. The maximum Gasteiger partial charge on any atom is 0.261 e. The first-order valence-corrected chi connectivity index (χ1v) is 6.97. The summed E-state index contributed by atoms with van der Waals surface area (Å²) in [7, 11) is 0. The number of aliphatic hydroxyl groups excluding tert-OH is 1. The molecule has 22 heavy (non-hydrogen) atoms. The predicted molar refractivity (Wildman–Crippen MR) is 80.7 cm³/mol. The molecule has 0 aliphatic rings. The average Bonchev–Trinajstić information content (AvgIpc) is 2.52. The minimum absolute atomic E-state index is 0.0820. The van der Waals surface area contributed by atoms with Crippen LogP contribution in [0.1, 0.15) is 18.1 Å². The van der Waals surface area contributed by atoms with E-state index < -0.39 is 11.9 Å². The number of nitrogens with one attached hydrogen (secondary N) is 1. The lowest BCUT2D eigenvalue weighted by molar-refractivity contribution is -0.127. The van der Waals surface area contributed by atoms with Gasteiger partial charge in [0.1, 0.15) is 11.6 Å². The van der Waals surface area contributed by atoms with Gasteiger partial charge in [-0.3, -0.25) is 4.79 Å². The van der Waals surface area contributed by atoms with E-state index in [0.717, 1.165) is 11.1 Å². The first kappa shape index (κ1) is 16.0. The molecular weight excluding hydrogens is 285 g/mol. The van der Waals surface area contributed by atoms with Crippen molar-refractivity contribution in [1.82, 2.24) is 5.32 Å². The van der Waals surface area contributed by atoms with E-state index in [9.17, 15) is 14.3 Å². The Morgan fingerprint density at radius 1 is 1.23 bits per heavy atom. The predicted octanol–water partition coefficient (Wildman–Crippen LogP) is 2.40. The molecule has 0 saturated carbocycles. The SMILES string of the molecule is CC(Oc1cccc(F)c1)C(=O)NCc1ccccc1CO. The van der Waals surface area contributed by atoms with Gasteiger partial charge in [-0.15, -0.1) is 0 Å². The average molecular weight is 303 g/mol. The second-order valence-corrected chi connectivity index (χ2v) is 4.86. The highest BCUT2D eigenvalue weighted by Crippen LogP contribution is 2.14. The van der Waals surface area contributed by atoms with Gasteiger partial charge in [0.15, 0.2) is 6.10 Å². The molecule has 0 aliphatic carbocycles. The fourth-order valence-electron chi connectivity index (χ4n) is 2.01. The summed E-state index contributed by atoms with van der Waals surface area (Å²) in [5.41, 5.74) is 1.61. The standard InChI is InChI=1S/C17H18FNO3/c1-12(22-16-8-4-7-15(18)9-16)17(21)19-10-13-5-2-3-6-14(13)11-20/h2-9,12,20H,10-11H2,1H3,(H,19,21). The van der Waals surface area contributed by atoms with Crippen LogP contribution in [0, 0.1) is 5.82 Å². The Kier molecular flexibility index (Phi) is 5.49. The van der Waals surface area contributed by atoms with Gasteiger partial charge >= 0.3 is 0 Å². The second-order valence-electron chi connectivity index (χ2n) is 4.86. The zero-order valence-electron chi connectivity index (χ0n) is 12.3. The molecule has 1 amide bonds. The van der Waals surface area contributed by atoms with Crippen LogP contribution in [0.2, 0.25) is 0 Å². The zero-order valence-corrected chi connectivity index (χ0v) is 12.3. The smallest absolute Gasteiger partial charge is 0.261 e. The highest BCUT2D eigenvalue weighted by molar-refractivity contribution is 5.80. The molecule has 0 spiro atoms. The van der Waals surface area contributed by atoms with Gasteiger partial charge in [0.05, 0.1) is 6.61 Å². The summed E-state index contributed by atoms with van der Waals surface area (Å²) in [6.07, 6.45) is -0.747. The molecule has 0 saturated heterocycles. The van der Waals surface area contributed by atoms with Gasteiger partial charge in [-0.1, -0.05) is 30.3 Å². The Labute approximate surface area is 128 Å². The van der Waals surface area contributed by atoms with Gasteiger partial charge in [-0.05, 0) is 30.2 Å². The van der Waals surface area contributed by atoms with Crippen LogP contribution in [-0.2, 0) is 17.9 Å². The molecule has 1 unspecified atom stereocenters. The third kappa shape index (κ3) is 4.30. The molecule has 5 heteroatoms. The first-order chi connectivity index (χ1) is 10.6. The number of ether oxygens (including phenoxy) is 1. The summed E-state index contributed by atoms with van der Waals surface area (Å²) in [6, 6.07) is 13.0. The summed E-state index contributed by atoms with van der Waals surface area (Å²) in [6.45, 7) is 1.81. The van der Waals surface area contributed by atoms with E-state index in [0.29, 0.717) is 12.3 Å². The minimum Gasteiger partial charge on any atom is -0.481 e. The van der Waals surface area contributed by atoms with Crippen LogP contribution in [0.15, 0.2) is 48.5 Å². The van der Waals surface area contributed by atoms with Gasteiger partial charge in [0.25, 0.3) is 5.91 Å². The van der Waals surface area contributed by atoms with Crippen molar-refractivity contribution in [2.75, 3.05) is 0 Å². The van der Waals surface area contributed by atoms with Crippen molar-refractivity contribution in [3.63, 3.8) is 0 Å². The van der Waals surface area contributed by atoms with E-state index in [1.54, 1.807) is 19.1 Å². The minimum atomic E-state index is -0.747. The van der Waals surface area contributed by atoms with Gasteiger partial charge in [-0.25, -0.2) is 4.39 Å². The van der Waals surface area contributed by atoms with E-state index in [-0.39, 0.29) is 12.5 Å². The van der Waals surface area contributed by atoms with E-state index >= 15 is 0 Å². The van der Waals surface area contributed by atoms with Crippen molar-refractivity contribution < 1.29 is 19.0 Å². The molecule has 1 atom stereocenters. The molecule has 2 aromatic rings. The Hall–Kier alpha value is -2.40. The number of hydrogen-bond acceptors (Lipinski definition) is 3. The number of rotatable bonds is 6. The van der Waals surface area contributed by atoms with Crippen LogP contribution in [0.5, 0.6) is 5.75 Å². The third-order valence-electron chi connectivity index (χ3n) is 3.22. The molecule has 0 aromatic heterocycles. The number of carbonyl (C=O) groups excluding carboxylic acids is 1. The van der Waals surface area contributed by atoms with E-state index in [1.165, 1.54) is 18.2 Å². The number of benzene rings is 2. The van der Waals surface area contributed by atoms with Gasteiger partial charge in [-0.2, -0.15) is 0 Å². The van der Waals surface area contributed by atoms with Crippen molar-refractivity contribution in [2.45, 2.75) is 26.2 Å². The monoisotopic (exact) mass is 303 g/mol. The maximum absolute atomic E-state index is 13.1. The van der Waals surface area contributed by atoms with Gasteiger partial charge in [0.2, 0.25) is 0 Å².